The molecule has 23 heavy (non-hydrogen) atoms. The number of rotatable bonds is 5. The minimum absolute atomic E-state index is 0.0328. The Balaban J connectivity index is 1.76. The van der Waals surface area contributed by atoms with Gasteiger partial charge in [-0.15, -0.1) is 0 Å². The minimum Gasteiger partial charge on any atom is -0.481 e. The van der Waals surface area contributed by atoms with Gasteiger partial charge in [0.05, 0.1) is 6.42 Å². The van der Waals surface area contributed by atoms with Crippen molar-refractivity contribution < 1.29 is 14.7 Å². The Bertz CT molecular complexity index is 563. The fourth-order valence-electron chi connectivity index (χ4n) is 2.99. The zero-order chi connectivity index (χ0) is 16.8. The highest BCUT2D eigenvalue weighted by atomic mass is 16.4. The summed E-state index contributed by atoms with van der Waals surface area (Å²) in [5.74, 6) is -0.280. The number of aryl methyl sites for hydroxylation is 2. The van der Waals surface area contributed by atoms with Crippen LogP contribution in [-0.4, -0.2) is 41.6 Å². The largest absolute Gasteiger partial charge is 0.481 e. The average Bonchev–Trinajstić information content (AvgIpc) is 2.51. The van der Waals surface area contributed by atoms with Gasteiger partial charge >= 0.3 is 12.0 Å². The molecule has 1 fully saturated rings. The average molecular weight is 318 g/mol. The zero-order valence-electron chi connectivity index (χ0n) is 14.0. The van der Waals surface area contributed by atoms with Crippen molar-refractivity contribution in [1.29, 1.82) is 0 Å². The topological polar surface area (TPSA) is 69.6 Å². The summed E-state index contributed by atoms with van der Waals surface area (Å²) in [6.07, 6.45) is 3.03. The van der Waals surface area contributed by atoms with Crippen molar-refractivity contribution >= 4 is 12.0 Å². The molecule has 2 amide bonds. The number of nitrogens with one attached hydrogen (secondary N) is 1. The Kier molecular flexibility index (Phi) is 6.02. The van der Waals surface area contributed by atoms with Crippen molar-refractivity contribution in [3.63, 3.8) is 0 Å². The van der Waals surface area contributed by atoms with Gasteiger partial charge in [0.15, 0.2) is 0 Å². The Morgan fingerprint density at radius 1 is 1.22 bits per heavy atom. The molecule has 2 N–H and O–H groups in total. The highest BCUT2D eigenvalue weighted by Crippen LogP contribution is 2.22. The first-order valence-electron chi connectivity index (χ1n) is 8.26. The fourth-order valence-corrected chi connectivity index (χ4v) is 2.99. The monoisotopic (exact) mass is 318 g/mol. The highest BCUT2D eigenvalue weighted by molar-refractivity contribution is 5.75. The summed E-state index contributed by atoms with van der Waals surface area (Å²) in [4.78, 5) is 24.2. The maximum absolute atomic E-state index is 11.9. The SMILES string of the molecule is Cc1ccc(CC2CCN(C(=O)NCCC(=O)O)CC2)cc1C. The lowest BCUT2D eigenvalue weighted by Gasteiger charge is -2.32. The highest BCUT2D eigenvalue weighted by Gasteiger charge is 2.22. The molecule has 126 valence electrons. The van der Waals surface area contributed by atoms with Gasteiger partial charge in [-0.25, -0.2) is 4.79 Å². The van der Waals surface area contributed by atoms with Gasteiger partial charge < -0.3 is 15.3 Å². The second kappa shape index (κ2) is 7.99. The third-order valence-electron chi connectivity index (χ3n) is 4.61. The van der Waals surface area contributed by atoms with Gasteiger partial charge in [-0.05, 0) is 55.7 Å². The van der Waals surface area contributed by atoms with E-state index >= 15 is 0 Å². The quantitative estimate of drug-likeness (QED) is 0.877. The molecular formula is C18H26N2O3. The van der Waals surface area contributed by atoms with E-state index in [0.29, 0.717) is 5.92 Å². The van der Waals surface area contributed by atoms with Crippen molar-refractivity contribution in [1.82, 2.24) is 10.2 Å². The van der Waals surface area contributed by atoms with E-state index in [4.69, 9.17) is 5.11 Å². The second-order valence-corrected chi connectivity index (χ2v) is 6.43. The molecule has 2 rings (SSSR count). The molecule has 0 bridgehead atoms. The molecule has 0 atom stereocenters. The van der Waals surface area contributed by atoms with Gasteiger partial charge in [0.25, 0.3) is 0 Å². The van der Waals surface area contributed by atoms with Crippen LogP contribution in [0.4, 0.5) is 4.79 Å². The molecule has 5 nitrogen and oxygen atoms in total. The predicted molar refractivity (Wildman–Crippen MR) is 89.6 cm³/mol. The Labute approximate surface area is 137 Å². The molecular weight excluding hydrogens is 292 g/mol. The first-order valence-corrected chi connectivity index (χ1v) is 8.26. The summed E-state index contributed by atoms with van der Waals surface area (Å²) in [6.45, 7) is 5.95. The molecule has 5 heteroatoms. The molecule has 1 saturated heterocycles. The van der Waals surface area contributed by atoms with Crippen LogP contribution in [0.1, 0.15) is 36.0 Å². The van der Waals surface area contributed by atoms with Crippen molar-refractivity contribution in [2.45, 2.75) is 39.5 Å². The molecule has 0 aliphatic carbocycles. The van der Waals surface area contributed by atoms with E-state index in [2.05, 4.69) is 37.4 Å². The molecule has 0 aromatic heterocycles. The van der Waals surface area contributed by atoms with E-state index in [9.17, 15) is 9.59 Å². The molecule has 0 spiro atoms. The summed E-state index contributed by atoms with van der Waals surface area (Å²) < 4.78 is 0. The fraction of sp³-hybridized carbons (Fsp3) is 0.556. The number of amides is 2. The van der Waals surface area contributed by atoms with E-state index in [0.717, 1.165) is 32.4 Å². The van der Waals surface area contributed by atoms with Gasteiger partial charge in [-0.2, -0.15) is 0 Å². The maximum Gasteiger partial charge on any atom is 0.317 e. The second-order valence-electron chi connectivity index (χ2n) is 6.43. The number of hydrogen-bond acceptors (Lipinski definition) is 2. The normalized spacial score (nSPS) is 15.5. The minimum atomic E-state index is -0.891. The van der Waals surface area contributed by atoms with Crippen LogP contribution in [0.3, 0.4) is 0 Å². The Hall–Kier alpha value is -2.04. The summed E-state index contributed by atoms with van der Waals surface area (Å²) in [5.41, 5.74) is 4.02. The molecule has 0 unspecified atom stereocenters. The third kappa shape index (κ3) is 5.27. The summed E-state index contributed by atoms with van der Waals surface area (Å²) >= 11 is 0. The van der Waals surface area contributed by atoms with Gasteiger partial charge in [-0.1, -0.05) is 18.2 Å². The number of urea groups is 1. The zero-order valence-corrected chi connectivity index (χ0v) is 14.0. The summed E-state index contributed by atoms with van der Waals surface area (Å²) in [7, 11) is 0. The number of carboxylic acids is 1. The number of carbonyl (C=O) groups is 2. The number of hydrogen-bond donors (Lipinski definition) is 2. The number of benzene rings is 1. The molecule has 1 aromatic rings. The van der Waals surface area contributed by atoms with Crippen LogP contribution in [-0.2, 0) is 11.2 Å². The van der Waals surface area contributed by atoms with Crippen molar-refractivity contribution in [2.24, 2.45) is 5.92 Å². The first-order chi connectivity index (χ1) is 11.0. The van der Waals surface area contributed by atoms with Crippen LogP contribution in [0.25, 0.3) is 0 Å². The Morgan fingerprint density at radius 2 is 1.91 bits per heavy atom. The number of piperidine rings is 1. The number of likely N-dealkylation sites (tertiary alicyclic amines) is 1. The van der Waals surface area contributed by atoms with Crippen LogP contribution in [0.5, 0.6) is 0 Å². The number of nitrogens with zero attached hydrogens (tertiary/aromatic N) is 1. The standard InChI is InChI=1S/C18H26N2O3/c1-13-3-4-16(11-14(13)2)12-15-6-9-20(10-7-15)18(23)19-8-5-17(21)22/h3-4,11,15H,5-10,12H2,1-2H3,(H,19,23)(H,21,22). The van der Waals surface area contributed by atoms with E-state index in [1.807, 2.05) is 0 Å². The lowest BCUT2D eigenvalue weighted by atomic mass is 9.89. The van der Waals surface area contributed by atoms with E-state index in [1.54, 1.807) is 4.90 Å². The van der Waals surface area contributed by atoms with Crippen LogP contribution in [0.2, 0.25) is 0 Å². The number of carboxylic acid groups (broad SMARTS) is 1. The summed E-state index contributed by atoms with van der Waals surface area (Å²) in [5, 5.41) is 11.3. The van der Waals surface area contributed by atoms with Gasteiger partial charge in [0.1, 0.15) is 0 Å². The van der Waals surface area contributed by atoms with Gasteiger partial charge in [0.2, 0.25) is 0 Å². The van der Waals surface area contributed by atoms with Crippen LogP contribution < -0.4 is 5.32 Å². The lowest BCUT2D eigenvalue weighted by molar-refractivity contribution is -0.136. The van der Waals surface area contributed by atoms with Crippen molar-refractivity contribution in [3.8, 4) is 0 Å². The van der Waals surface area contributed by atoms with E-state index < -0.39 is 5.97 Å². The van der Waals surface area contributed by atoms with E-state index in [-0.39, 0.29) is 19.0 Å². The molecule has 1 heterocycles. The lowest BCUT2D eigenvalue weighted by Crippen LogP contribution is -2.45. The van der Waals surface area contributed by atoms with Crippen molar-refractivity contribution in [3.05, 3.63) is 34.9 Å². The molecule has 1 aliphatic heterocycles. The summed E-state index contributed by atoms with van der Waals surface area (Å²) in [6, 6.07) is 6.50. The molecule has 1 aliphatic rings. The van der Waals surface area contributed by atoms with Crippen LogP contribution in [0.15, 0.2) is 18.2 Å². The third-order valence-corrected chi connectivity index (χ3v) is 4.61. The number of carbonyl (C=O) groups excluding carboxylic acids is 1. The predicted octanol–water partition coefficient (Wildman–Crippen LogP) is 2.74. The van der Waals surface area contributed by atoms with Gasteiger partial charge in [-0.3, -0.25) is 4.79 Å². The maximum atomic E-state index is 11.9. The van der Waals surface area contributed by atoms with Crippen LogP contribution in [0, 0.1) is 19.8 Å². The van der Waals surface area contributed by atoms with E-state index in [1.165, 1.54) is 16.7 Å². The smallest absolute Gasteiger partial charge is 0.317 e. The van der Waals surface area contributed by atoms with Crippen LogP contribution >= 0.6 is 0 Å². The molecule has 1 aromatic carbocycles. The Morgan fingerprint density at radius 3 is 2.52 bits per heavy atom. The van der Waals surface area contributed by atoms with Crippen molar-refractivity contribution in [2.75, 3.05) is 19.6 Å². The molecule has 0 radical (unpaired) electrons. The molecule has 0 saturated carbocycles. The van der Waals surface area contributed by atoms with Gasteiger partial charge in [0, 0.05) is 19.6 Å². The first kappa shape index (κ1) is 17.3. The number of aliphatic carboxylic acids is 1.